The Bertz CT molecular complexity index is 805. The fraction of sp³-hybridized carbons (Fsp3) is 0.300. The zero-order valence-electron chi connectivity index (χ0n) is 14.7. The number of hydrogen-bond donors (Lipinski definition) is 2. The fourth-order valence-corrected chi connectivity index (χ4v) is 2.64. The van der Waals surface area contributed by atoms with Crippen molar-refractivity contribution in [2.75, 3.05) is 12.4 Å². The predicted octanol–water partition coefficient (Wildman–Crippen LogP) is 3.52. The van der Waals surface area contributed by atoms with Gasteiger partial charge in [0.25, 0.3) is 0 Å². The van der Waals surface area contributed by atoms with Gasteiger partial charge in [0, 0.05) is 31.7 Å². The van der Waals surface area contributed by atoms with Crippen molar-refractivity contribution in [1.29, 1.82) is 0 Å². The maximum absolute atomic E-state index is 13.2. The van der Waals surface area contributed by atoms with E-state index in [4.69, 9.17) is 0 Å². The van der Waals surface area contributed by atoms with Crippen molar-refractivity contribution >= 4 is 17.6 Å². The molecule has 0 aromatic heterocycles. The van der Waals surface area contributed by atoms with Crippen LogP contribution in [0.2, 0.25) is 0 Å². The molecular weight excluding hydrogens is 333 g/mol. The molecule has 1 aliphatic rings. The first-order valence-electron chi connectivity index (χ1n) is 8.64. The highest BCUT2D eigenvalue weighted by molar-refractivity contribution is 5.94. The van der Waals surface area contributed by atoms with Crippen molar-refractivity contribution in [1.82, 2.24) is 10.2 Å². The summed E-state index contributed by atoms with van der Waals surface area (Å²) in [6.07, 6.45) is 1.92. The van der Waals surface area contributed by atoms with E-state index in [0.29, 0.717) is 13.1 Å². The highest BCUT2D eigenvalue weighted by Gasteiger charge is 2.29. The highest BCUT2D eigenvalue weighted by Crippen LogP contribution is 2.30. The highest BCUT2D eigenvalue weighted by atomic mass is 19.1. The smallest absolute Gasteiger partial charge is 0.317 e. The second kappa shape index (κ2) is 7.99. The van der Waals surface area contributed by atoms with Crippen LogP contribution in [0.5, 0.6) is 0 Å². The summed E-state index contributed by atoms with van der Waals surface area (Å²) < 4.78 is 13.2. The minimum Gasteiger partial charge on any atom is -0.334 e. The number of anilines is 1. The number of carbonyl (C=O) groups is 2. The molecule has 3 rings (SSSR count). The molecule has 1 fully saturated rings. The lowest BCUT2D eigenvalue weighted by Crippen LogP contribution is -2.36. The van der Waals surface area contributed by atoms with Gasteiger partial charge in [-0.05, 0) is 48.2 Å². The Morgan fingerprint density at radius 1 is 1.12 bits per heavy atom. The van der Waals surface area contributed by atoms with E-state index in [1.807, 2.05) is 24.3 Å². The Morgan fingerprint density at radius 2 is 1.85 bits per heavy atom. The molecule has 6 heteroatoms. The Kier molecular flexibility index (Phi) is 5.51. The number of nitrogens with zero attached hydrogens (tertiary/aromatic N) is 1. The Hall–Kier alpha value is -2.89. The van der Waals surface area contributed by atoms with Crippen molar-refractivity contribution in [3.63, 3.8) is 0 Å². The van der Waals surface area contributed by atoms with E-state index in [1.165, 1.54) is 17.0 Å². The van der Waals surface area contributed by atoms with Gasteiger partial charge >= 0.3 is 6.03 Å². The van der Waals surface area contributed by atoms with Gasteiger partial charge in [-0.1, -0.05) is 24.3 Å². The first kappa shape index (κ1) is 17.9. The number of amides is 3. The van der Waals surface area contributed by atoms with Crippen LogP contribution in [0.15, 0.2) is 48.5 Å². The van der Waals surface area contributed by atoms with Gasteiger partial charge in [0.2, 0.25) is 5.91 Å². The molecule has 0 atom stereocenters. The molecule has 2 aromatic rings. The third kappa shape index (κ3) is 5.05. The molecule has 5 nitrogen and oxygen atoms in total. The molecule has 0 spiro atoms. The molecule has 2 aromatic carbocycles. The van der Waals surface area contributed by atoms with Crippen LogP contribution in [0, 0.1) is 11.7 Å². The molecule has 136 valence electrons. The predicted molar refractivity (Wildman–Crippen MR) is 97.9 cm³/mol. The van der Waals surface area contributed by atoms with E-state index in [-0.39, 0.29) is 23.7 Å². The molecule has 0 heterocycles. The maximum atomic E-state index is 13.2. The van der Waals surface area contributed by atoms with Gasteiger partial charge in [0.15, 0.2) is 0 Å². The number of urea groups is 1. The molecule has 0 unspecified atom stereocenters. The van der Waals surface area contributed by atoms with Crippen molar-refractivity contribution in [2.24, 2.45) is 5.92 Å². The summed E-state index contributed by atoms with van der Waals surface area (Å²) >= 11 is 0. The normalized spacial score (nSPS) is 13.2. The van der Waals surface area contributed by atoms with Gasteiger partial charge in [-0.3, -0.25) is 4.79 Å². The first-order valence-corrected chi connectivity index (χ1v) is 8.64. The molecular formula is C20H22FN3O2. The second-order valence-electron chi connectivity index (χ2n) is 6.61. The summed E-state index contributed by atoms with van der Waals surface area (Å²) in [5, 5.41) is 5.72. The number of rotatable bonds is 6. The molecule has 0 bridgehead atoms. The summed E-state index contributed by atoms with van der Waals surface area (Å²) in [5.74, 6) is -0.114. The second-order valence-corrected chi connectivity index (χ2v) is 6.61. The third-order valence-electron chi connectivity index (χ3n) is 4.24. The Labute approximate surface area is 152 Å². The first-order chi connectivity index (χ1) is 12.5. The van der Waals surface area contributed by atoms with Crippen LogP contribution in [0.25, 0.3) is 0 Å². The standard InChI is InChI=1S/C20H22FN3O2/c1-24(13-15-5-2-6-17(21)10-15)20(26)22-12-14-4-3-7-18(11-14)23-19(25)16-8-9-16/h2-7,10-11,16H,8-9,12-13H2,1H3,(H,22,26)(H,23,25). The van der Waals surface area contributed by atoms with Gasteiger partial charge in [-0.15, -0.1) is 0 Å². The number of carbonyl (C=O) groups excluding carboxylic acids is 2. The van der Waals surface area contributed by atoms with Crippen LogP contribution in [0.3, 0.4) is 0 Å². The molecule has 2 N–H and O–H groups in total. The van der Waals surface area contributed by atoms with Crippen LogP contribution in [0.1, 0.15) is 24.0 Å². The number of nitrogens with one attached hydrogen (secondary N) is 2. The third-order valence-corrected chi connectivity index (χ3v) is 4.24. The molecule has 1 aliphatic carbocycles. The zero-order chi connectivity index (χ0) is 18.5. The van der Waals surface area contributed by atoms with Crippen molar-refractivity contribution in [3.05, 3.63) is 65.5 Å². The van der Waals surface area contributed by atoms with E-state index in [9.17, 15) is 14.0 Å². The van der Waals surface area contributed by atoms with Crippen molar-refractivity contribution < 1.29 is 14.0 Å². The average Bonchev–Trinajstić information content (AvgIpc) is 3.45. The minimum atomic E-state index is -0.318. The maximum Gasteiger partial charge on any atom is 0.317 e. The van der Waals surface area contributed by atoms with Crippen molar-refractivity contribution in [3.8, 4) is 0 Å². The number of benzene rings is 2. The van der Waals surface area contributed by atoms with E-state index >= 15 is 0 Å². The Morgan fingerprint density at radius 3 is 2.58 bits per heavy atom. The lowest BCUT2D eigenvalue weighted by Gasteiger charge is -2.18. The molecule has 3 amide bonds. The van der Waals surface area contributed by atoms with Crippen LogP contribution in [0.4, 0.5) is 14.9 Å². The minimum absolute atomic E-state index is 0.0565. The SMILES string of the molecule is CN(Cc1cccc(F)c1)C(=O)NCc1cccc(NC(=O)C2CC2)c1. The van der Waals surface area contributed by atoms with Crippen LogP contribution in [-0.2, 0) is 17.9 Å². The zero-order valence-corrected chi connectivity index (χ0v) is 14.7. The van der Waals surface area contributed by atoms with E-state index in [0.717, 1.165) is 29.7 Å². The lowest BCUT2D eigenvalue weighted by atomic mass is 10.2. The monoisotopic (exact) mass is 355 g/mol. The number of halogens is 1. The van der Waals surface area contributed by atoms with E-state index in [1.54, 1.807) is 19.2 Å². The average molecular weight is 355 g/mol. The summed E-state index contributed by atoms with van der Waals surface area (Å²) in [4.78, 5) is 25.5. The fourth-order valence-electron chi connectivity index (χ4n) is 2.64. The van der Waals surface area contributed by atoms with Crippen LogP contribution < -0.4 is 10.6 Å². The topological polar surface area (TPSA) is 61.4 Å². The van der Waals surface area contributed by atoms with Crippen LogP contribution in [-0.4, -0.2) is 23.9 Å². The number of hydrogen-bond acceptors (Lipinski definition) is 2. The van der Waals surface area contributed by atoms with Crippen molar-refractivity contribution in [2.45, 2.75) is 25.9 Å². The quantitative estimate of drug-likeness (QED) is 0.833. The molecule has 0 aliphatic heterocycles. The van der Waals surface area contributed by atoms with Crippen LogP contribution >= 0.6 is 0 Å². The van der Waals surface area contributed by atoms with Gasteiger partial charge in [-0.25, -0.2) is 9.18 Å². The van der Waals surface area contributed by atoms with E-state index < -0.39 is 0 Å². The van der Waals surface area contributed by atoms with E-state index in [2.05, 4.69) is 10.6 Å². The van der Waals surface area contributed by atoms with Gasteiger partial charge in [0.1, 0.15) is 5.82 Å². The summed E-state index contributed by atoms with van der Waals surface area (Å²) in [7, 11) is 1.66. The van der Waals surface area contributed by atoms with Gasteiger partial charge < -0.3 is 15.5 Å². The Balaban J connectivity index is 1.51. The largest absolute Gasteiger partial charge is 0.334 e. The summed E-state index contributed by atoms with van der Waals surface area (Å²) in [6.45, 7) is 0.667. The molecule has 1 saturated carbocycles. The summed E-state index contributed by atoms with van der Waals surface area (Å²) in [5.41, 5.74) is 2.36. The van der Waals surface area contributed by atoms with Gasteiger partial charge in [0.05, 0.1) is 0 Å². The molecule has 0 saturated heterocycles. The molecule has 26 heavy (non-hydrogen) atoms. The summed E-state index contributed by atoms with van der Waals surface area (Å²) in [6, 6.07) is 13.4. The lowest BCUT2D eigenvalue weighted by molar-refractivity contribution is -0.117. The molecule has 0 radical (unpaired) electrons. The van der Waals surface area contributed by atoms with Gasteiger partial charge in [-0.2, -0.15) is 0 Å².